The number of carbonyl (C=O) groups excluding carboxylic acids is 1. The summed E-state index contributed by atoms with van der Waals surface area (Å²) >= 11 is 0. The minimum absolute atomic E-state index is 0.126. The van der Waals surface area contributed by atoms with Crippen molar-refractivity contribution in [3.8, 4) is 0 Å². The molecule has 0 radical (unpaired) electrons. The van der Waals surface area contributed by atoms with Gasteiger partial charge in [-0.25, -0.2) is 0 Å². The van der Waals surface area contributed by atoms with Crippen LogP contribution in [-0.4, -0.2) is 12.6 Å². The molecule has 0 aromatic rings. The molecule has 4 aliphatic carbocycles. The second-order valence-corrected chi connectivity index (χ2v) is 6.44. The van der Waals surface area contributed by atoms with Gasteiger partial charge in [0.15, 0.2) is 0 Å². The molecule has 2 nitrogen and oxygen atoms in total. The van der Waals surface area contributed by atoms with E-state index in [1.54, 1.807) is 0 Å². The van der Waals surface area contributed by atoms with Crippen LogP contribution < -0.4 is 0 Å². The zero-order valence-corrected chi connectivity index (χ0v) is 9.21. The molecule has 1 heterocycles. The second-order valence-electron chi connectivity index (χ2n) is 6.44. The lowest BCUT2D eigenvalue weighted by molar-refractivity contribution is -0.149. The van der Waals surface area contributed by atoms with E-state index in [0.717, 1.165) is 36.2 Å². The van der Waals surface area contributed by atoms with Crippen LogP contribution in [-0.2, 0) is 9.53 Å². The molecule has 0 aromatic heterocycles. The fourth-order valence-corrected chi connectivity index (χ4v) is 6.00. The largest absolute Gasteiger partial charge is 0.465 e. The van der Waals surface area contributed by atoms with Crippen LogP contribution in [0.5, 0.6) is 0 Å². The van der Waals surface area contributed by atoms with Crippen molar-refractivity contribution in [3.05, 3.63) is 12.2 Å². The van der Waals surface area contributed by atoms with Crippen molar-refractivity contribution in [2.24, 2.45) is 47.3 Å². The lowest BCUT2D eigenvalue weighted by Gasteiger charge is -2.52. The van der Waals surface area contributed by atoms with E-state index < -0.39 is 0 Å². The Balaban J connectivity index is 1.57. The molecule has 4 fully saturated rings. The van der Waals surface area contributed by atoms with Crippen molar-refractivity contribution in [2.75, 3.05) is 6.61 Å². The van der Waals surface area contributed by atoms with Gasteiger partial charge in [0.25, 0.3) is 0 Å². The first-order valence-corrected chi connectivity index (χ1v) is 6.69. The predicted molar refractivity (Wildman–Crippen MR) is 57.3 cm³/mol. The first-order valence-electron chi connectivity index (χ1n) is 6.69. The van der Waals surface area contributed by atoms with Gasteiger partial charge in [0.2, 0.25) is 0 Å². The van der Waals surface area contributed by atoms with Crippen molar-refractivity contribution in [3.63, 3.8) is 0 Å². The molecule has 2 heteroatoms. The molecule has 0 N–H and O–H groups in total. The normalized spacial score (nSPS) is 63.9. The first kappa shape index (κ1) is 8.32. The Kier molecular flexibility index (Phi) is 1.24. The van der Waals surface area contributed by atoms with Gasteiger partial charge in [-0.3, -0.25) is 4.79 Å². The highest BCUT2D eigenvalue weighted by molar-refractivity contribution is 5.77. The SMILES string of the molecule is O=C1OCC2C1C1C3CC(C4C=CCC43)C21. The van der Waals surface area contributed by atoms with Crippen LogP contribution in [0.4, 0.5) is 0 Å². The molecule has 84 valence electrons. The van der Waals surface area contributed by atoms with Crippen LogP contribution >= 0.6 is 0 Å². The van der Waals surface area contributed by atoms with Crippen LogP contribution in [0.15, 0.2) is 12.2 Å². The van der Waals surface area contributed by atoms with E-state index in [0.29, 0.717) is 17.8 Å². The molecule has 8 unspecified atom stereocenters. The number of carbonyl (C=O) groups is 1. The molecule has 1 aliphatic heterocycles. The van der Waals surface area contributed by atoms with Gasteiger partial charge in [0, 0.05) is 5.92 Å². The van der Waals surface area contributed by atoms with Crippen molar-refractivity contribution in [1.82, 2.24) is 0 Å². The minimum Gasteiger partial charge on any atom is -0.465 e. The fraction of sp³-hybridized carbons (Fsp3) is 0.786. The summed E-state index contributed by atoms with van der Waals surface area (Å²) < 4.78 is 5.27. The summed E-state index contributed by atoms with van der Waals surface area (Å²) in [6.45, 7) is 0.731. The topological polar surface area (TPSA) is 26.3 Å². The van der Waals surface area contributed by atoms with E-state index in [4.69, 9.17) is 4.74 Å². The molecule has 3 saturated carbocycles. The number of allylic oxidation sites excluding steroid dienone is 2. The molecule has 2 bridgehead atoms. The van der Waals surface area contributed by atoms with Gasteiger partial charge in [-0.15, -0.1) is 0 Å². The van der Waals surface area contributed by atoms with Gasteiger partial charge in [-0.2, -0.15) is 0 Å². The van der Waals surface area contributed by atoms with Crippen molar-refractivity contribution in [2.45, 2.75) is 12.8 Å². The molecular formula is C14H16O2. The summed E-state index contributed by atoms with van der Waals surface area (Å²) in [5.41, 5.74) is 0. The van der Waals surface area contributed by atoms with Crippen molar-refractivity contribution in [1.29, 1.82) is 0 Å². The number of esters is 1. The third-order valence-corrected chi connectivity index (χ3v) is 6.34. The maximum atomic E-state index is 11.7. The summed E-state index contributed by atoms with van der Waals surface area (Å²) in [4.78, 5) is 11.7. The Morgan fingerprint density at radius 1 is 1.12 bits per heavy atom. The average Bonchev–Trinajstić information content (AvgIpc) is 2.87. The van der Waals surface area contributed by atoms with Crippen LogP contribution in [0.25, 0.3) is 0 Å². The molecule has 0 spiro atoms. The lowest BCUT2D eigenvalue weighted by atomic mass is 9.50. The summed E-state index contributed by atoms with van der Waals surface area (Å²) in [6, 6.07) is 0. The standard InChI is InChI=1S/C14H16O2/c15-14-13-10(5-16-14)11-8-4-9(12(11)13)7-3-1-2-6(7)8/h1-2,6-13H,3-5H2. The Labute approximate surface area is 95.0 Å². The van der Waals surface area contributed by atoms with E-state index in [1.165, 1.54) is 12.8 Å². The number of hydrogen-bond acceptors (Lipinski definition) is 2. The highest BCUT2D eigenvalue weighted by Gasteiger charge is 2.71. The molecule has 5 aliphatic rings. The minimum atomic E-state index is 0.126. The Bertz CT molecular complexity index is 413. The third kappa shape index (κ3) is 0.670. The third-order valence-electron chi connectivity index (χ3n) is 6.34. The summed E-state index contributed by atoms with van der Waals surface area (Å²) in [5, 5.41) is 0. The molecule has 8 atom stereocenters. The first-order chi connectivity index (χ1) is 7.86. The zero-order chi connectivity index (χ0) is 10.4. The molecular weight excluding hydrogens is 200 g/mol. The summed E-state index contributed by atoms with van der Waals surface area (Å²) in [6.07, 6.45) is 7.54. The maximum Gasteiger partial charge on any atom is 0.309 e. The Hall–Kier alpha value is -0.790. The van der Waals surface area contributed by atoms with Gasteiger partial charge in [-0.1, -0.05) is 12.2 Å². The zero-order valence-electron chi connectivity index (χ0n) is 9.21. The summed E-state index contributed by atoms with van der Waals surface area (Å²) in [5.74, 6) is 6.09. The van der Waals surface area contributed by atoms with E-state index >= 15 is 0 Å². The van der Waals surface area contributed by atoms with Crippen LogP contribution in [0, 0.1) is 47.3 Å². The lowest BCUT2D eigenvalue weighted by Crippen LogP contribution is -2.53. The summed E-state index contributed by atoms with van der Waals surface area (Å²) in [7, 11) is 0. The molecule has 0 amide bonds. The number of cyclic esters (lactones) is 1. The molecule has 5 rings (SSSR count). The van der Waals surface area contributed by atoms with Gasteiger partial charge in [-0.05, 0) is 48.3 Å². The monoisotopic (exact) mass is 216 g/mol. The van der Waals surface area contributed by atoms with Crippen LogP contribution in [0.3, 0.4) is 0 Å². The van der Waals surface area contributed by atoms with Crippen LogP contribution in [0.1, 0.15) is 12.8 Å². The number of rotatable bonds is 0. The van der Waals surface area contributed by atoms with Gasteiger partial charge in [0.1, 0.15) is 0 Å². The highest BCUT2D eigenvalue weighted by atomic mass is 16.5. The number of hydrogen-bond donors (Lipinski definition) is 0. The molecule has 0 aromatic carbocycles. The van der Waals surface area contributed by atoms with Crippen molar-refractivity contribution >= 4 is 5.97 Å². The predicted octanol–water partition coefficient (Wildman–Crippen LogP) is 1.86. The maximum absolute atomic E-state index is 11.7. The fourth-order valence-electron chi connectivity index (χ4n) is 6.00. The van der Waals surface area contributed by atoms with Gasteiger partial charge < -0.3 is 4.74 Å². The molecule has 1 saturated heterocycles. The van der Waals surface area contributed by atoms with Crippen molar-refractivity contribution < 1.29 is 9.53 Å². The van der Waals surface area contributed by atoms with Gasteiger partial charge in [0.05, 0.1) is 12.5 Å². The second kappa shape index (κ2) is 2.39. The Morgan fingerprint density at radius 2 is 2.06 bits per heavy atom. The van der Waals surface area contributed by atoms with E-state index in [1.807, 2.05) is 0 Å². The highest BCUT2D eigenvalue weighted by Crippen LogP contribution is 2.72. The van der Waals surface area contributed by atoms with Gasteiger partial charge >= 0.3 is 5.97 Å². The van der Waals surface area contributed by atoms with Crippen LogP contribution in [0.2, 0.25) is 0 Å². The van der Waals surface area contributed by atoms with E-state index in [2.05, 4.69) is 12.2 Å². The van der Waals surface area contributed by atoms with E-state index in [-0.39, 0.29) is 5.97 Å². The quantitative estimate of drug-likeness (QED) is 0.351. The average molecular weight is 216 g/mol. The Morgan fingerprint density at radius 3 is 3.00 bits per heavy atom. The smallest absolute Gasteiger partial charge is 0.309 e. The molecule has 16 heavy (non-hydrogen) atoms. The number of fused-ring (bicyclic) bond motifs is 11. The number of ether oxygens (including phenoxy) is 1. The van der Waals surface area contributed by atoms with E-state index in [9.17, 15) is 4.79 Å².